The van der Waals surface area contributed by atoms with Crippen LogP contribution in [0.4, 0.5) is 11.4 Å². The third-order valence-electron chi connectivity index (χ3n) is 2.87. The second kappa shape index (κ2) is 6.47. The molecular formula is C14H14N4O3. The summed E-state index contributed by atoms with van der Waals surface area (Å²) in [5, 5.41) is 16.5. The molecule has 2 aromatic rings. The largest absolute Gasteiger partial charge is 0.374 e. The molecule has 0 aliphatic heterocycles. The van der Waals surface area contributed by atoms with E-state index < -0.39 is 4.92 Å². The summed E-state index contributed by atoms with van der Waals surface area (Å²) >= 11 is 0. The molecule has 0 radical (unpaired) electrons. The molecule has 0 fully saturated rings. The molecule has 1 aromatic heterocycles. The zero-order valence-electron chi connectivity index (χ0n) is 11.4. The van der Waals surface area contributed by atoms with Crippen molar-refractivity contribution in [2.75, 3.05) is 12.4 Å². The minimum atomic E-state index is -0.492. The molecule has 2 rings (SSSR count). The summed E-state index contributed by atoms with van der Waals surface area (Å²) in [6, 6.07) is 9.62. The quantitative estimate of drug-likeness (QED) is 0.647. The number of nitrogens with zero attached hydrogens (tertiary/aromatic N) is 2. The number of carbonyl (C=O) groups is 1. The molecule has 0 saturated heterocycles. The molecule has 0 unspecified atom stereocenters. The van der Waals surface area contributed by atoms with Gasteiger partial charge in [0.15, 0.2) is 0 Å². The summed E-state index contributed by atoms with van der Waals surface area (Å²) in [5.74, 6) is -0.300. The summed E-state index contributed by atoms with van der Waals surface area (Å²) in [5.41, 5.74) is 1.30. The van der Waals surface area contributed by atoms with E-state index in [0.29, 0.717) is 12.1 Å². The Balaban J connectivity index is 2.26. The molecule has 1 aromatic carbocycles. The fourth-order valence-corrected chi connectivity index (χ4v) is 1.81. The van der Waals surface area contributed by atoms with Crippen molar-refractivity contribution in [1.29, 1.82) is 0 Å². The van der Waals surface area contributed by atoms with Crippen LogP contribution >= 0.6 is 0 Å². The first-order chi connectivity index (χ1) is 10.1. The van der Waals surface area contributed by atoms with Gasteiger partial charge in [0.2, 0.25) is 0 Å². The minimum Gasteiger partial charge on any atom is -0.374 e. The van der Waals surface area contributed by atoms with E-state index in [0.717, 1.165) is 5.69 Å². The first-order valence-corrected chi connectivity index (χ1v) is 6.26. The lowest BCUT2D eigenvalue weighted by molar-refractivity contribution is -0.384. The van der Waals surface area contributed by atoms with Crippen LogP contribution in [0.5, 0.6) is 0 Å². The Morgan fingerprint density at radius 1 is 1.33 bits per heavy atom. The molecule has 1 amide bonds. The van der Waals surface area contributed by atoms with Crippen molar-refractivity contribution < 1.29 is 9.72 Å². The number of amides is 1. The van der Waals surface area contributed by atoms with E-state index in [9.17, 15) is 14.9 Å². The summed E-state index contributed by atoms with van der Waals surface area (Å²) in [6.45, 7) is 0.332. The maximum absolute atomic E-state index is 11.6. The molecule has 7 heteroatoms. The Hall–Kier alpha value is -2.96. The maximum atomic E-state index is 11.6. The van der Waals surface area contributed by atoms with Crippen molar-refractivity contribution in [2.45, 2.75) is 6.54 Å². The van der Waals surface area contributed by atoms with E-state index in [1.807, 2.05) is 6.07 Å². The third kappa shape index (κ3) is 3.53. The minimum absolute atomic E-state index is 0.0846. The van der Waals surface area contributed by atoms with Gasteiger partial charge in [-0.15, -0.1) is 0 Å². The average molecular weight is 286 g/mol. The number of rotatable bonds is 5. The number of hydrogen-bond donors (Lipinski definition) is 2. The Bertz CT molecular complexity index is 659. The van der Waals surface area contributed by atoms with Gasteiger partial charge in [-0.05, 0) is 24.3 Å². The number of hydrogen-bond acceptors (Lipinski definition) is 5. The molecule has 0 bridgehead atoms. The van der Waals surface area contributed by atoms with Gasteiger partial charge >= 0.3 is 0 Å². The van der Waals surface area contributed by atoms with Crippen LogP contribution in [-0.2, 0) is 6.54 Å². The Kier molecular flexibility index (Phi) is 4.45. The van der Waals surface area contributed by atoms with Crippen molar-refractivity contribution in [1.82, 2.24) is 10.3 Å². The van der Waals surface area contributed by atoms with Crippen LogP contribution in [0.2, 0.25) is 0 Å². The average Bonchev–Trinajstić information content (AvgIpc) is 2.52. The first kappa shape index (κ1) is 14.4. The fraction of sp³-hybridized carbons (Fsp3) is 0.143. The lowest BCUT2D eigenvalue weighted by Gasteiger charge is -2.08. The van der Waals surface area contributed by atoms with Crippen molar-refractivity contribution in [3.05, 3.63) is 64.0 Å². The van der Waals surface area contributed by atoms with Gasteiger partial charge in [-0.2, -0.15) is 0 Å². The first-order valence-electron chi connectivity index (χ1n) is 6.26. The standard InChI is InChI=1S/C14H14N4O3/c1-15-14(19)10-5-6-13(18(20)21)12(8-10)17-9-11-4-2-3-7-16-11/h2-8,17H,9H2,1H3,(H,15,19). The topological polar surface area (TPSA) is 97.2 Å². The van der Waals surface area contributed by atoms with Crippen molar-refractivity contribution in [3.8, 4) is 0 Å². The predicted octanol–water partition coefficient (Wildman–Crippen LogP) is 1.96. The summed E-state index contributed by atoms with van der Waals surface area (Å²) in [6.07, 6.45) is 1.65. The Labute approximate surface area is 121 Å². The Morgan fingerprint density at radius 3 is 2.76 bits per heavy atom. The lowest BCUT2D eigenvalue weighted by Crippen LogP contribution is -2.18. The molecule has 0 spiro atoms. The predicted molar refractivity (Wildman–Crippen MR) is 78.1 cm³/mol. The number of benzene rings is 1. The zero-order chi connectivity index (χ0) is 15.2. The second-order valence-electron chi connectivity index (χ2n) is 4.24. The highest BCUT2D eigenvalue weighted by Crippen LogP contribution is 2.25. The summed E-state index contributed by atoms with van der Waals surface area (Å²) in [7, 11) is 1.50. The maximum Gasteiger partial charge on any atom is 0.292 e. The molecule has 0 aliphatic rings. The monoisotopic (exact) mass is 286 g/mol. The van der Waals surface area contributed by atoms with E-state index in [-0.39, 0.29) is 17.3 Å². The van der Waals surface area contributed by atoms with E-state index in [1.165, 1.54) is 25.2 Å². The highest BCUT2D eigenvalue weighted by Gasteiger charge is 2.16. The number of anilines is 1. The zero-order valence-corrected chi connectivity index (χ0v) is 11.4. The molecular weight excluding hydrogens is 272 g/mol. The second-order valence-corrected chi connectivity index (χ2v) is 4.24. The van der Waals surface area contributed by atoms with E-state index in [1.54, 1.807) is 18.3 Å². The SMILES string of the molecule is CNC(=O)c1ccc([N+](=O)[O-])c(NCc2ccccn2)c1. The van der Waals surface area contributed by atoms with Crippen LogP contribution in [0.1, 0.15) is 16.1 Å². The van der Waals surface area contributed by atoms with Crippen LogP contribution in [0.3, 0.4) is 0 Å². The molecule has 21 heavy (non-hydrogen) atoms. The van der Waals surface area contributed by atoms with Gasteiger partial charge in [0.25, 0.3) is 11.6 Å². The molecule has 2 N–H and O–H groups in total. The van der Waals surface area contributed by atoms with Crippen LogP contribution in [0.25, 0.3) is 0 Å². The molecule has 0 saturated carbocycles. The number of nitro groups is 1. The number of pyridine rings is 1. The highest BCUT2D eigenvalue weighted by atomic mass is 16.6. The number of nitrogens with one attached hydrogen (secondary N) is 2. The van der Waals surface area contributed by atoms with Crippen LogP contribution in [0, 0.1) is 10.1 Å². The number of carbonyl (C=O) groups excluding carboxylic acids is 1. The fourth-order valence-electron chi connectivity index (χ4n) is 1.81. The van der Waals surface area contributed by atoms with Crippen LogP contribution < -0.4 is 10.6 Å². The Morgan fingerprint density at radius 2 is 2.14 bits per heavy atom. The lowest BCUT2D eigenvalue weighted by atomic mass is 10.1. The van der Waals surface area contributed by atoms with Crippen molar-refractivity contribution >= 4 is 17.3 Å². The van der Waals surface area contributed by atoms with Crippen molar-refractivity contribution in [2.24, 2.45) is 0 Å². The van der Waals surface area contributed by atoms with Gasteiger partial charge in [-0.1, -0.05) is 6.07 Å². The molecule has 0 atom stereocenters. The third-order valence-corrected chi connectivity index (χ3v) is 2.87. The molecule has 7 nitrogen and oxygen atoms in total. The highest BCUT2D eigenvalue weighted by molar-refractivity contribution is 5.95. The van der Waals surface area contributed by atoms with Crippen LogP contribution in [0.15, 0.2) is 42.6 Å². The molecule has 1 heterocycles. The number of aromatic nitrogens is 1. The van der Waals surface area contributed by atoms with Gasteiger partial charge in [0, 0.05) is 24.9 Å². The normalized spacial score (nSPS) is 9.95. The van der Waals surface area contributed by atoms with Gasteiger partial charge in [0.1, 0.15) is 5.69 Å². The smallest absolute Gasteiger partial charge is 0.292 e. The van der Waals surface area contributed by atoms with Crippen molar-refractivity contribution in [3.63, 3.8) is 0 Å². The molecule has 108 valence electrons. The van der Waals surface area contributed by atoms with E-state index in [2.05, 4.69) is 15.6 Å². The summed E-state index contributed by atoms with van der Waals surface area (Å²) in [4.78, 5) is 26.3. The van der Waals surface area contributed by atoms with E-state index in [4.69, 9.17) is 0 Å². The molecule has 0 aliphatic carbocycles. The van der Waals surface area contributed by atoms with Gasteiger partial charge < -0.3 is 10.6 Å². The van der Waals surface area contributed by atoms with Gasteiger partial charge in [-0.25, -0.2) is 0 Å². The van der Waals surface area contributed by atoms with Crippen LogP contribution in [-0.4, -0.2) is 22.9 Å². The van der Waals surface area contributed by atoms with Gasteiger partial charge in [0.05, 0.1) is 17.2 Å². The van der Waals surface area contributed by atoms with Gasteiger partial charge in [-0.3, -0.25) is 19.9 Å². The number of nitro benzene ring substituents is 1. The summed E-state index contributed by atoms with van der Waals surface area (Å²) < 4.78 is 0. The van der Waals surface area contributed by atoms with E-state index >= 15 is 0 Å².